The summed E-state index contributed by atoms with van der Waals surface area (Å²) in [5.74, 6) is 0. The van der Waals surface area contributed by atoms with Crippen LogP contribution in [0.15, 0.2) is 24.3 Å². The molecule has 0 saturated carbocycles. The molecular formula is C9H9ClINO5S. The minimum atomic E-state index is -3.75. The van der Waals surface area contributed by atoms with Crippen molar-refractivity contribution in [2.45, 2.75) is 8.32 Å². The van der Waals surface area contributed by atoms with Crippen molar-refractivity contribution in [2.75, 3.05) is 6.26 Å². The molecule has 0 heterocycles. The molecule has 1 rings (SSSR count). The predicted octanol–water partition coefficient (Wildman–Crippen LogP) is 2.00. The number of nitro groups is 1. The summed E-state index contributed by atoms with van der Waals surface area (Å²) in [5, 5.41) is 20.5. The highest BCUT2D eigenvalue weighted by Crippen LogP contribution is 2.43. The van der Waals surface area contributed by atoms with E-state index in [1.54, 1.807) is 0 Å². The second-order valence-corrected chi connectivity index (χ2v) is 9.67. The van der Waals surface area contributed by atoms with Crippen molar-refractivity contribution in [1.82, 2.24) is 0 Å². The molecule has 0 aromatic heterocycles. The van der Waals surface area contributed by atoms with Crippen molar-refractivity contribution in [3.05, 3.63) is 39.9 Å². The van der Waals surface area contributed by atoms with Crippen LogP contribution in [0, 0.1) is 10.1 Å². The number of alkyl halides is 2. The number of nitro benzene ring substituents is 1. The van der Waals surface area contributed by atoms with Crippen molar-refractivity contribution in [3.63, 3.8) is 0 Å². The quantitative estimate of drug-likeness (QED) is 0.358. The molecule has 1 aromatic carbocycles. The lowest BCUT2D eigenvalue weighted by Gasteiger charge is -2.24. The van der Waals surface area contributed by atoms with Gasteiger partial charge >= 0.3 is 0 Å². The van der Waals surface area contributed by atoms with Crippen molar-refractivity contribution >= 4 is 49.7 Å². The van der Waals surface area contributed by atoms with Crippen LogP contribution in [-0.2, 0) is 9.84 Å². The molecular weight excluding hydrogens is 397 g/mol. The van der Waals surface area contributed by atoms with Gasteiger partial charge in [-0.05, 0) is 28.2 Å². The Morgan fingerprint density at radius 2 is 2.11 bits per heavy atom. The van der Waals surface area contributed by atoms with E-state index in [9.17, 15) is 23.6 Å². The van der Waals surface area contributed by atoms with E-state index in [0.717, 1.165) is 12.3 Å². The van der Waals surface area contributed by atoms with E-state index in [1.807, 2.05) is 0 Å². The number of non-ortho nitro benzene ring substituents is 1. The SMILES string of the molecule is CS(=O)(=O)[C@@](Cl)(I)[C@H](O)c1cccc([N+](=O)[O-])c1. The predicted molar refractivity (Wildman–Crippen MR) is 75.5 cm³/mol. The molecule has 6 nitrogen and oxygen atoms in total. The van der Waals surface area contributed by atoms with Crippen LogP contribution in [0.25, 0.3) is 0 Å². The smallest absolute Gasteiger partial charge is 0.269 e. The normalized spacial score (nSPS) is 16.9. The number of aliphatic hydroxyl groups excluding tert-OH is 1. The lowest BCUT2D eigenvalue weighted by molar-refractivity contribution is -0.385. The van der Waals surface area contributed by atoms with E-state index in [-0.39, 0.29) is 11.3 Å². The van der Waals surface area contributed by atoms with Gasteiger partial charge in [-0.2, -0.15) is 0 Å². The molecule has 0 amide bonds. The molecule has 0 aliphatic carbocycles. The fraction of sp³-hybridized carbons (Fsp3) is 0.333. The lowest BCUT2D eigenvalue weighted by Crippen LogP contribution is -2.32. The topological polar surface area (TPSA) is 97.5 Å². The molecule has 100 valence electrons. The number of halogens is 2. The zero-order valence-corrected chi connectivity index (χ0v) is 12.8. The van der Waals surface area contributed by atoms with Gasteiger partial charge in [-0.15, -0.1) is 0 Å². The van der Waals surface area contributed by atoms with Crippen LogP contribution in [-0.4, -0.2) is 26.9 Å². The first-order chi connectivity index (χ1) is 8.07. The second-order valence-electron chi connectivity index (χ2n) is 3.59. The Balaban J connectivity index is 3.23. The summed E-state index contributed by atoms with van der Waals surface area (Å²) in [5.41, 5.74) is -0.178. The molecule has 9 heteroatoms. The van der Waals surface area contributed by atoms with Crippen LogP contribution < -0.4 is 0 Å². The van der Waals surface area contributed by atoms with Crippen LogP contribution in [0.3, 0.4) is 0 Å². The molecule has 18 heavy (non-hydrogen) atoms. The third kappa shape index (κ3) is 3.11. The highest BCUT2D eigenvalue weighted by molar-refractivity contribution is 14.1. The molecule has 0 radical (unpaired) electrons. The molecule has 0 saturated heterocycles. The van der Waals surface area contributed by atoms with E-state index in [4.69, 9.17) is 11.6 Å². The number of rotatable bonds is 4. The van der Waals surface area contributed by atoms with E-state index < -0.39 is 23.1 Å². The fourth-order valence-corrected chi connectivity index (χ4v) is 2.23. The molecule has 0 spiro atoms. The van der Waals surface area contributed by atoms with Crippen molar-refractivity contribution in [2.24, 2.45) is 0 Å². The number of benzene rings is 1. The van der Waals surface area contributed by atoms with Gasteiger partial charge in [-0.1, -0.05) is 23.7 Å². The average molecular weight is 406 g/mol. The molecule has 0 aliphatic heterocycles. The maximum Gasteiger partial charge on any atom is 0.269 e. The average Bonchev–Trinajstić information content (AvgIpc) is 2.26. The zero-order valence-electron chi connectivity index (χ0n) is 9.08. The number of sulfone groups is 1. The van der Waals surface area contributed by atoms with E-state index in [0.29, 0.717) is 0 Å². The fourth-order valence-electron chi connectivity index (χ4n) is 1.21. The first-order valence-electron chi connectivity index (χ1n) is 4.57. The molecule has 0 unspecified atom stereocenters. The summed E-state index contributed by atoms with van der Waals surface area (Å²) in [4.78, 5) is 9.95. The minimum absolute atomic E-state index is 0.0685. The van der Waals surface area contributed by atoms with Gasteiger partial charge in [0.25, 0.3) is 5.69 Å². The third-order valence-electron chi connectivity index (χ3n) is 2.21. The number of aliphatic hydroxyl groups is 1. The number of nitrogens with zero attached hydrogens (tertiary/aromatic N) is 1. The number of hydrogen-bond acceptors (Lipinski definition) is 5. The molecule has 0 fully saturated rings. The van der Waals surface area contributed by atoms with Crippen LogP contribution in [0.1, 0.15) is 11.7 Å². The van der Waals surface area contributed by atoms with Crippen LogP contribution in [0.4, 0.5) is 5.69 Å². The highest BCUT2D eigenvalue weighted by atomic mass is 127. The van der Waals surface area contributed by atoms with E-state index in [2.05, 4.69) is 0 Å². The van der Waals surface area contributed by atoms with Gasteiger partial charge in [0.2, 0.25) is 2.21 Å². The largest absolute Gasteiger partial charge is 0.385 e. The Morgan fingerprint density at radius 3 is 2.56 bits per heavy atom. The lowest BCUT2D eigenvalue weighted by atomic mass is 10.1. The minimum Gasteiger partial charge on any atom is -0.385 e. The Hall–Kier alpha value is -0.450. The summed E-state index contributed by atoms with van der Waals surface area (Å²) in [7, 11) is -3.75. The Kier molecular flexibility index (Phi) is 4.57. The van der Waals surface area contributed by atoms with Crippen LogP contribution in [0.2, 0.25) is 0 Å². The second kappa shape index (κ2) is 5.27. The molecule has 0 aliphatic rings. The van der Waals surface area contributed by atoms with Gasteiger partial charge in [0.1, 0.15) is 6.10 Å². The van der Waals surface area contributed by atoms with E-state index >= 15 is 0 Å². The van der Waals surface area contributed by atoms with E-state index in [1.165, 1.54) is 40.8 Å². The molecule has 0 bridgehead atoms. The first-order valence-corrected chi connectivity index (χ1v) is 7.92. The van der Waals surface area contributed by atoms with Crippen molar-refractivity contribution < 1.29 is 18.4 Å². The zero-order chi connectivity index (χ0) is 14.1. The Bertz CT molecular complexity index is 574. The monoisotopic (exact) mass is 405 g/mol. The van der Waals surface area contributed by atoms with Crippen LogP contribution in [0.5, 0.6) is 0 Å². The van der Waals surface area contributed by atoms with Gasteiger partial charge in [-0.25, -0.2) is 8.42 Å². The van der Waals surface area contributed by atoms with Crippen molar-refractivity contribution in [1.29, 1.82) is 0 Å². The van der Waals surface area contributed by atoms with Crippen LogP contribution >= 0.6 is 34.2 Å². The summed E-state index contributed by atoms with van der Waals surface area (Å²) in [6.45, 7) is 0. The summed E-state index contributed by atoms with van der Waals surface area (Å²) < 4.78 is 20.9. The Morgan fingerprint density at radius 1 is 1.56 bits per heavy atom. The maximum absolute atomic E-state index is 11.5. The third-order valence-corrected chi connectivity index (χ3v) is 7.46. The van der Waals surface area contributed by atoms with Gasteiger partial charge in [-0.3, -0.25) is 10.1 Å². The maximum atomic E-state index is 11.5. The number of hydrogen-bond donors (Lipinski definition) is 1. The Labute approximate surface area is 122 Å². The van der Waals surface area contributed by atoms with Gasteiger partial charge < -0.3 is 5.11 Å². The van der Waals surface area contributed by atoms with Gasteiger partial charge in [0, 0.05) is 18.4 Å². The standard InChI is InChI=1S/C9H9ClINO5S/c1-18(16,17)9(10,11)8(13)6-3-2-4-7(5-6)12(14)15/h2-5,8,13H,1H3/t8-,9+/m1/s1. The molecule has 1 aromatic rings. The highest BCUT2D eigenvalue weighted by Gasteiger charge is 2.44. The summed E-state index contributed by atoms with van der Waals surface area (Å²) in [6, 6.07) is 5.05. The first kappa shape index (κ1) is 15.6. The van der Waals surface area contributed by atoms with Crippen molar-refractivity contribution in [3.8, 4) is 0 Å². The molecule has 2 atom stereocenters. The van der Waals surface area contributed by atoms with Gasteiger partial charge in [0.15, 0.2) is 9.84 Å². The summed E-state index contributed by atoms with van der Waals surface area (Å²) >= 11 is 7.21. The molecule has 1 N–H and O–H groups in total. The summed E-state index contributed by atoms with van der Waals surface area (Å²) in [6.07, 6.45) is -0.692. The van der Waals surface area contributed by atoms with Gasteiger partial charge in [0.05, 0.1) is 4.92 Å².